The Morgan fingerprint density at radius 1 is 1.03 bits per heavy atom. The van der Waals surface area contributed by atoms with Gasteiger partial charge in [-0.25, -0.2) is 4.79 Å². The molecule has 1 saturated heterocycles. The summed E-state index contributed by atoms with van der Waals surface area (Å²) in [4.78, 5) is 24.5. The zero-order valence-corrected chi connectivity index (χ0v) is 16.7. The fraction of sp³-hybridized carbons (Fsp3) is 0.273. The lowest BCUT2D eigenvalue weighted by atomic mass is 9.99. The van der Waals surface area contributed by atoms with Crippen molar-refractivity contribution in [2.45, 2.75) is 30.7 Å². The van der Waals surface area contributed by atoms with Crippen molar-refractivity contribution >= 4 is 16.9 Å². The Morgan fingerprint density at radius 2 is 1.75 bits per heavy atom. The van der Waals surface area contributed by atoms with Gasteiger partial charge in [0, 0.05) is 6.07 Å². The third-order valence-corrected chi connectivity index (χ3v) is 5.19. The molecule has 0 spiro atoms. The maximum Gasteiger partial charge on any atom is 0.335 e. The lowest BCUT2D eigenvalue weighted by Gasteiger charge is -2.38. The second kappa shape index (κ2) is 8.60. The normalized spacial score (nSPS) is 25.4. The molecule has 32 heavy (non-hydrogen) atoms. The molecule has 1 aliphatic rings. The summed E-state index contributed by atoms with van der Waals surface area (Å²) in [6.07, 6.45) is -7.75. The van der Waals surface area contributed by atoms with E-state index in [1.807, 2.05) is 6.07 Å². The summed E-state index contributed by atoms with van der Waals surface area (Å²) in [6, 6.07) is 11.7. The number of hydrogen-bond donors (Lipinski definition) is 4. The van der Waals surface area contributed by atoms with Crippen molar-refractivity contribution in [1.82, 2.24) is 0 Å². The van der Waals surface area contributed by atoms with Crippen molar-refractivity contribution < 1.29 is 43.8 Å². The van der Waals surface area contributed by atoms with Gasteiger partial charge in [-0.3, -0.25) is 4.79 Å². The second-order valence-electron chi connectivity index (χ2n) is 7.20. The van der Waals surface area contributed by atoms with Crippen molar-refractivity contribution in [2.75, 3.05) is 7.11 Å². The van der Waals surface area contributed by atoms with E-state index in [1.54, 1.807) is 24.3 Å². The first-order valence-electron chi connectivity index (χ1n) is 9.60. The van der Waals surface area contributed by atoms with Crippen LogP contribution in [0.15, 0.2) is 57.9 Å². The molecule has 0 radical (unpaired) electrons. The molecule has 1 unspecified atom stereocenters. The highest BCUT2D eigenvalue weighted by Crippen LogP contribution is 2.34. The molecule has 2 aromatic carbocycles. The number of fused-ring (bicyclic) bond motifs is 1. The monoisotopic (exact) mass is 444 g/mol. The quantitative estimate of drug-likeness (QED) is 0.443. The minimum absolute atomic E-state index is 0.00114. The van der Waals surface area contributed by atoms with Gasteiger partial charge < -0.3 is 39.1 Å². The summed E-state index contributed by atoms with van der Waals surface area (Å²) in [5, 5.41) is 39.4. The number of rotatable bonds is 5. The lowest BCUT2D eigenvalue weighted by molar-refractivity contribution is -0.271. The maximum absolute atomic E-state index is 13.1. The Balaban J connectivity index is 1.78. The van der Waals surface area contributed by atoms with Gasteiger partial charge in [0.1, 0.15) is 30.3 Å². The Hall–Kier alpha value is -3.44. The fourth-order valence-electron chi connectivity index (χ4n) is 3.48. The molecule has 0 saturated carbocycles. The highest BCUT2D eigenvalue weighted by molar-refractivity contribution is 5.87. The minimum atomic E-state index is -1.87. The van der Waals surface area contributed by atoms with Crippen molar-refractivity contribution in [2.24, 2.45) is 0 Å². The molecule has 0 aliphatic carbocycles. The van der Waals surface area contributed by atoms with Gasteiger partial charge in [-0.1, -0.05) is 30.3 Å². The van der Waals surface area contributed by atoms with E-state index < -0.39 is 36.7 Å². The van der Waals surface area contributed by atoms with Crippen LogP contribution in [0.1, 0.15) is 0 Å². The van der Waals surface area contributed by atoms with E-state index in [4.69, 9.17) is 18.6 Å². The molecule has 10 nitrogen and oxygen atoms in total. The van der Waals surface area contributed by atoms with Crippen molar-refractivity contribution in [3.8, 4) is 22.6 Å². The van der Waals surface area contributed by atoms with Gasteiger partial charge in [0.2, 0.25) is 11.7 Å². The van der Waals surface area contributed by atoms with Gasteiger partial charge in [-0.2, -0.15) is 0 Å². The van der Waals surface area contributed by atoms with E-state index >= 15 is 0 Å². The van der Waals surface area contributed by atoms with E-state index in [-0.39, 0.29) is 27.9 Å². The molecule has 3 aromatic rings. The van der Waals surface area contributed by atoms with E-state index in [2.05, 4.69) is 0 Å². The minimum Gasteiger partial charge on any atom is -0.497 e. The zero-order valence-electron chi connectivity index (χ0n) is 16.7. The maximum atomic E-state index is 13.1. The van der Waals surface area contributed by atoms with Crippen molar-refractivity contribution in [1.29, 1.82) is 0 Å². The van der Waals surface area contributed by atoms with Crippen LogP contribution in [-0.4, -0.2) is 64.2 Å². The number of ether oxygens (including phenoxy) is 3. The van der Waals surface area contributed by atoms with E-state index in [0.717, 1.165) is 0 Å². The number of carbonyl (C=O) groups is 1. The first-order valence-corrected chi connectivity index (χ1v) is 9.60. The van der Waals surface area contributed by atoms with Crippen molar-refractivity contribution in [3.05, 3.63) is 59.0 Å². The molecule has 1 aromatic heterocycles. The molecular formula is C22H20O10. The van der Waals surface area contributed by atoms with Crippen LogP contribution in [0.3, 0.4) is 0 Å². The highest BCUT2D eigenvalue weighted by atomic mass is 16.7. The third kappa shape index (κ3) is 3.80. The zero-order chi connectivity index (χ0) is 23.0. The Bertz CT molecular complexity index is 1190. The predicted molar refractivity (Wildman–Crippen MR) is 109 cm³/mol. The average Bonchev–Trinajstić information content (AvgIpc) is 2.80. The van der Waals surface area contributed by atoms with E-state index in [9.17, 15) is 30.0 Å². The molecule has 0 amide bonds. The molecule has 4 N–H and O–H groups in total. The number of aliphatic hydroxyl groups is 3. The van der Waals surface area contributed by atoms with Crippen LogP contribution in [0.5, 0.6) is 11.5 Å². The van der Waals surface area contributed by atoms with Gasteiger partial charge in [-0.05, 0) is 11.6 Å². The van der Waals surface area contributed by atoms with Gasteiger partial charge >= 0.3 is 5.97 Å². The molecule has 168 valence electrons. The van der Waals surface area contributed by atoms with E-state index in [1.165, 1.54) is 25.5 Å². The third-order valence-electron chi connectivity index (χ3n) is 5.19. The van der Waals surface area contributed by atoms with Crippen LogP contribution in [0.2, 0.25) is 0 Å². The summed E-state index contributed by atoms with van der Waals surface area (Å²) in [5.41, 5.74) is 0.570. The Morgan fingerprint density at radius 3 is 2.41 bits per heavy atom. The first kappa shape index (κ1) is 21.8. The molecule has 5 atom stereocenters. The van der Waals surface area contributed by atoms with Crippen LogP contribution in [0.4, 0.5) is 0 Å². The van der Waals surface area contributed by atoms with Crippen LogP contribution in [0.25, 0.3) is 22.1 Å². The van der Waals surface area contributed by atoms with Crippen LogP contribution in [0, 0.1) is 0 Å². The van der Waals surface area contributed by atoms with Gasteiger partial charge in [0.25, 0.3) is 0 Å². The van der Waals surface area contributed by atoms with Crippen LogP contribution in [-0.2, 0) is 9.53 Å². The summed E-state index contributed by atoms with van der Waals surface area (Å²) in [7, 11) is 1.38. The number of hydrogen-bond acceptors (Lipinski definition) is 9. The number of carboxylic acids is 1. The number of methoxy groups -OCH3 is 1. The number of aliphatic carboxylic acids is 1. The topological polar surface area (TPSA) is 156 Å². The summed E-state index contributed by atoms with van der Waals surface area (Å²) < 4.78 is 21.6. The largest absolute Gasteiger partial charge is 0.497 e. The Kier molecular flexibility index (Phi) is 5.85. The smallest absolute Gasteiger partial charge is 0.335 e. The average molecular weight is 444 g/mol. The summed E-state index contributed by atoms with van der Waals surface area (Å²) >= 11 is 0. The SMILES string of the molecule is COc1cc(OC2O[C@H](C(=O)O)[C@@H](O)[C@H](O)[C@H]2O)c2occ(-c3ccccc3)c(=O)c2c1. The van der Waals surface area contributed by atoms with Gasteiger partial charge in [-0.15, -0.1) is 0 Å². The second-order valence-corrected chi connectivity index (χ2v) is 7.20. The molecule has 10 heteroatoms. The highest BCUT2D eigenvalue weighted by Gasteiger charge is 2.48. The van der Waals surface area contributed by atoms with E-state index in [0.29, 0.717) is 11.1 Å². The number of aliphatic hydroxyl groups excluding tert-OH is 3. The van der Waals surface area contributed by atoms with Crippen LogP contribution >= 0.6 is 0 Å². The molecule has 4 rings (SSSR count). The van der Waals surface area contributed by atoms with Gasteiger partial charge in [0.05, 0.1) is 18.1 Å². The number of carboxylic acid groups (broad SMARTS) is 1. The first-order chi connectivity index (χ1) is 15.3. The standard InChI is InChI=1S/C22H20O10/c1-29-11-7-12-15(23)13(10-5-3-2-4-6-10)9-30-19(12)14(8-11)31-22-18(26)16(24)17(25)20(32-22)21(27)28/h2-9,16-18,20,22,24-26H,1H3,(H,27,28)/t16-,17-,18+,20-,22?/m0/s1. The van der Waals surface area contributed by atoms with Crippen molar-refractivity contribution in [3.63, 3.8) is 0 Å². The lowest BCUT2D eigenvalue weighted by Crippen LogP contribution is -2.61. The summed E-state index contributed by atoms with van der Waals surface area (Å²) in [6.45, 7) is 0. The predicted octanol–water partition coefficient (Wildman–Crippen LogP) is 0.740. The van der Waals surface area contributed by atoms with Crippen LogP contribution < -0.4 is 14.9 Å². The summed E-state index contributed by atoms with van der Waals surface area (Å²) in [5.74, 6) is -1.41. The molecule has 0 bridgehead atoms. The number of benzene rings is 2. The van der Waals surface area contributed by atoms with Gasteiger partial charge in [0.15, 0.2) is 17.4 Å². The molecule has 1 aliphatic heterocycles. The molecule has 2 heterocycles. The fourth-order valence-corrected chi connectivity index (χ4v) is 3.48. The molecule has 1 fully saturated rings. The molecular weight excluding hydrogens is 424 g/mol. The Labute approximate surface area is 180 Å².